The van der Waals surface area contributed by atoms with Gasteiger partial charge in [-0.25, -0.2) is 0 Å². The summed E-state index contributed by atoms with van der Waals surface area (Å²) in [5.41, 5.74) is 0. The van der Waals surface area contributed by atoms with E-state index in [2.05, 4.69) is 17.6 Å². The molecule has 2 N–H and O–H groups in total. The highest BCUT2D eigenvalue weighted by Crippen LogP contribution is 2.11. The van der Waals surface area contributed by atoms with E-state index in [4.69, 9.17) is 9.47 Å². The lowest BCUT2D eigenvalue weighted by Gasteiger charge is -2.31. The zero-order valence-corrected chi connectivity index (χ0v) is 11.7. The first-order valence-corrected chi connectivity index (χ1v) is 6.85. The van der Waals surface area contributed by atoms with E-state index in [0.717, 1.165) is 19.5 Å². The van der Waals surface area contributed by atoms with Crippen molar-refractivity contribution in [3.8, 4) is 0 Å². The predicted molar refractivity (Wildman–Crippen MR) is 70.5 cm³/mol. The zero-order chi connectivity index (χ0) is 13.4. The van der Waals surface area contributed by atoms with E-state index in [1.807, 2.05) is 6.92 Å². The lowest BCUT2D eigenvalue weighted by atomic mass is 9.95. The summed E-state index contributed by atoms with van der Waals surface area (Å²) in [5.74, 6) is 0.484. The fourth-order valence-corrected chi connectivity index (χ4v) is 1.99. The molecule has 1 fully saturated rings. The highest BCUT2D eigenvalue weighted by atomic mass is 16.5. The van der Waals surface area contributed by atoms with E-state index < -0.39 is 6.10 Å². The van der Waals surface area contributed by atoms with Gasteiger partial charge in [0.25, 0.3) is 0 Å². The topological polar surface area (TPSA) is 59.6 Å². The largest absolute Gasteiger partial charge is 0.379 e. The minimum Gasteiger partial charge on any atom is -0.379 e. The van der Waals surface area contributed by atoms with Crippen molar-refractivity contribution in [3.05, 3.63) is 0 Å². The van der Waals surface area contributed by atoms with Crippen LogP contribution in [0.2, 0.25) is 0 Å². The van der Waals surface area contributed by atoms with Crippen LogP contribution in [0.25, 0.3) is 0 Å². The molecule has 5 heteroatoms. The van der Waals surface area contributed by atoms with Gasteiger partial charge in [0.1, 0.15) is 6.10 Å². The van der Waals surface area contributed by atoms with Gasteiger partial charge in [-0.15, -0.1) is 0 Å². The lowest BCUT2D eigenvalue weighted by molar-refractivity contribution is -0.133. The summed E-state index contributed by atoms with van der Waals surface area (Å²) in [5, 5.41) is 6.34. The van der Waals surface area contributed by atoms with Gasteiger partial charge in [-0.3, -0.25) is 4.79 Å². The average Bonchev–Trinajstić information content (AvgIpc) is 2.37. The Balaban J connectivity index is 2.21. The van der Waals surface area contributed by atoms with Crippen LogP contribution in [0.5, 0.6) is 0 Å². The SMILES string of the molecule is CCOCCOC(C)C(=O)NC1CNCCC1C. The Morgan fingerprint density at radius 1 is 1.50 bits per heavy atom. The fourth-order valence-electron chi connectivity index (χ4n) is 1.99. The van der Waals surface area contributed by atoms with Gasteiger partial charge in [-0.1, -0.05) is 6.92 Å². The maximum Gasteiger partial charge on any atom is 0.249 e. The second-order valence-corrected chi connectivity index (χ2v) is 4.80. The maximum absolute atomic E-state index is 11.9. The van der Waals surface area contributed by atoms with Crippen molar-refractivity contribution in [2.75, 3.05) is 32.9 Å². The van der Waals surface area contributed by atoms with Crippen molar-refractivity contribution >= 4 is 5.91 Å². The van der Waals surface area contributed by atoms with Crippen LogP contribution in [0.3, 0.4) is 0 Å². The summed E-state index contributed by atoms with van der Waals surface area (Å²) in [6.45, 7) is 9.44. The van der Waals surface area contributed by atoms with Crippen molar-refractivity contribution in [1.29, 1.82) is 0 Å². The predicted octanol–water partition coefficient (Wildman–Crippen LogP) is 0.542. The Morgan fingerprint density at radius 3 is 2.94 bits per heavy atom. The van der Waals surface area contributed by atoms with Gasteiger partial charge in [-0.2, -0.15) is 0 Å². The lowest BCUT2D eigenvalue weighted by Crippen LogP contribution is -2.52. The zero-order valence-electron chi connectivity index (χ0n) is 11.7. The Labute approximate surface area is 110 Å². The van der Waals surface area contributed by atoms with Gasteiger partial charge in [0.15, 0.2) is 0 Å². The number of carbonyl (C=O) groups is 1. The van der Waals surface area contributed by atoms with E-state index >= 15 is 0 Å². The molecule has 18 heavy (non-hydrogen) atoms. The van der Waals surface area contributed by atoms with Gasteiger partial charge in [0, 0.05) is 19.2 Å². The van der Waals surface area contributed by atoms with Crippen LogP contribution in [0, 0.1) is 5.92 Å². The molecule has 0 aliphatic carbocycles. The van der Waals surface area contributed by atoms with E-state index in [0.29, 0.717) is 25.7 Å². The second-order valence-electron chi connectivity index (χ2n) is 4.80. The second kappa shape index (κ2) is 8.45. The molecule has 0 radical (unpaired) electrons. The number of piperidine rings is 1. The minimum absolute atomic E-state index is 0.0351. The first kappa shape index (κ1) is 15.4. The summed E-state index contributed by atoms with van der Waals surface area (Å²) in [7, 11) is 0. The van der Waals surface area contributed by atoms with Gasteiger partial charge >= 0.3 is 0 Å². The van der Waals surface area contributed by atoms with Crippen molar-refractivity contribution in [2.45, 2.75) is 39.3 Å². The van der Waals surface area contributed by atoms with Gasteiger partial charge in [-0.05, 0) is 32.7 Å². The number of hydrogen-bond acceptors (Lipinski definition) is 4. The highest BCUT2D eigenvalue weighted by Gasteiger charge is 2.24. The van der Waals surface area contributed by atoms with Crippen LogP contribution < -0.4 is 10.6 Å². The number of nitrogens with one attached hydrogen (secondary N) is 2. The van der Waals surface area contributed by atoms with Crippen LogP contribution in [0.15, 0.2) is 0 Å². The van der Waals surface area contributed by atoms with Crippen LogP contribution in [-0.2, 0) is 14.3 Å². The third-order valence-electron chi connectivity index (χ3n) is 3.32. The summed E-state index contributed by atoms with van der Waals surface area (Å²) in [6, 6.07) is 0.212. The third-order valence-corrected chi connectivity index (χ3v) is 3.32. The molecular weight excluding hydrogens is 232 g/mol. The Morgan fingerprint density at radius 2 is 2.28 bits per heavy atom. The van der Waals surface area contributed by atoms with E-state index in [1.165, 1.54) is 0 Å². The number of ether oxygens (including phenoxy) is 2. The number of rotatable bonds is 7. The standard InChI is InChI=1S/C13H26N2O3/c1-4-17-7-8-18-11(3)13(16)15-12-9-14-6-5-10(12)2/h10-12,14H,4-9H2,1-3H3,(H,15,16). The maximum atomic E-state index is 11.9. The number of amides is 1. The summed E-state index contributed by atoms with van der Waals surface area (Å²) >= 11 is 0. The minimum atomic E-state index is -0.417. The van der Waals surface area contributed by atoms with Gasteiger partial charge in [0.2, 0.25) is 5.91 Å². The average molecular weight is 258 g/mol. The normalized spacial score (nSPS) is 25.7. The quantitative estimate of drug-likeness (QED) is 0.655. The molecular formula is C13H26N2O3. The Bertz CT molecular complexity index is 248. The van der Waals surface area contributed by atoms with Crippen molar-refractivity contribution in [2.24, 2.45) is 5.92 Å². The summed E-state index contributed by atoms with van der Waals surface area (Å²) in [6.07, 6.45) is 0.685. The third kappa shape index (κ3) is 5.33. The smallest absolute Gasteiger partial charge is 0.249 e. The molecule has 3 unspecified atom stereocenters. The molecule has 1 saturated heterocycles. The molecule has 1 aliphatic heterocycles. The summed E-state index contributed by atoms with van der Waals surface area (Å²) < 4.78 is 10.6. The fraction of sp³-hybridized carbons (Fsp3) is 0.923. The van der Waals surface area contributed by atoms with E-state index in [-0.39, 0.29) is 11.9 Å². The molecule has 1 aliphatic rings. The van der Waals surface area contributed by atoms with E-state index in [1.54, 1.807) is 6.92 Å². The number of hydrogen-bond donors (Lipinski definition) is 2. The van der Waals surface area contributed by atoms with Gasteiger partial charge < -0.3 is 20.1 Å². The van der Waals surface area contributed by atoms with Crippen LogP contribution in [0.1, 0.15) is 27.2 Å². The van der Waals surface area contributed by atoms with Crippen LogP contribution in [0.4, 0.5) is 0 Å². The molecule has 0 saturated carbocycles. The molecule has 0 aromatic rings. The molecule has 3 atom stereocenters. The first-order chi connectivity index (χ1) is 8.65. The molecule has 1 amide bonds. The molecule has 106 valence electrons. The van der Waals surface area contributed by atoms with Gasteiger partial charge in [0.05, 0.1) is 13.2 Å². The molecule has 0 aromatic heterocycles. The molecule has 0 bridgehead atoms. The number of carbonyl (C=O) groups excluding carboxylic acids is 1. The van der Waals surface area contributed by atoms with Crippen molar-refractivity contribution in [1.82, 2.24) is 10.6 Å². The van der Waals surface area contributed by atoms with Crippen molar-refractivity contribution in [3.63, 3.8) is 0 Å². The van der Waals surface area contributed by atoms with Crippen molar-refractivity contribution < 1.29 is 14.3 Å². The summed E-state index contributed by atoms with van der Waals surface area (Å²) in [4.78, 5) is 11.9. The Hall–Kier alpha value is -0.650. The molecule has 0 aromatic carbocycles. The first-order valence-electron chi connectivity index (χ1n) is 6.85. The van der Waals surface area contributed by atoms with Crippen LogP contribution >= 0.6 is 0 Å². The monoisotopic (exact) mass is 258 g/mol. The van der Waals surface area contributed by atoms with Crippen LogP contribution in [-0.4, -0.2) is 51.0 Å². The molecule has 5 nitrogen and oxygen atoms in total. The van der Waals surface area contributed by atoms with E-state index in [9.17, 15) is 4.79 Å². The molecule has 1 heterocycles. The Kier molecular flexibility index (Phi) is 7.23. The highest BCUT2D eigenvalue weighted by molar-refractivity contribution is 5.80. The molecule has 1 rings (SSSR count). The molecule has 0 spiro atoms.